The van der Waals surface area contributed by atoms with Crippen LogP contribution in [0.4, 0.5) is 0 Å². The smallest absolute Gasteiger partial charge is 0.356 e. The van der Waals surface area contributed by atoms with Crippen LogP contribution in [0.25, 0.3) is 0 Å². The van der Waals surface area contributed by atoms with Crippen LogP contribution in [0.3, 0.4) is 0 Å². The van der Waals surface area contributed by atoms with Crippen molar-refractivity contribution in [1.29, 1.82) is 0 Å². The minimum absolute atomic E-state index is 0.118. The van der Waals surface area contributed by atoms with Crippen LogP contribution in [-0.2, 0) is 9.53 Å². The summed E-state index contributed by atoms with van der Waals surface area (Å²) in [5.41, 5.74) is 2.51. The van der Waals surface area contributed by atoms with E-state index in [-0.39, 0.29) is 17.4 Å². The van der Waals surface area contributed by atoms with E-state index in [9.17, 15) is 14.4 Å². The lowest BCUT2D eigenvalue weighted by Crippen LogP contribution is -2.35. The van der Waals surface area contributed by atoms with Crippen molar-refractivity contribution in [3.63, 3.8) is 0 Å². The Kier molecular flexibility index (Phi) is 5.44. The number of carbonyl (C=O) groups is 3. The van der Waals surface area contributed by atoms with Crippen LogP contribution in [0, 0.1) is 13.8 Å². The van der Waals surface area contributed by atoms with Gasteiger partial charge in [0.1, 0.15) is 5.69 Å². The van der Waals surface area contributed by atoms with Crippen molar-refractivity contribution in [3.8, 4) is 0 Å². The molecule has 1 fully saturated rings. The number of ether oxygens (including phenoxy) is 1. The Bertz CT molecular complexity index is 864. The van der Waals surface area contributed by atoms with Crippen LogP contribution in [0.1, 0.15) is 63.5 Å². The van der Waals surface area contributed by atoms with Gasteiger partial charge >= 0.3 is 5.97 Å². The van der Waals surface area contributed by atoms with Crippen molar-refractivity contribution in [2.24, 2.45) is 0 Å². The van der Waals surface area contributed by atoms with E-state index in [1.807, 2.05) is 18.2 Å². The summed E-state index contributed by atoms with van der Waals surface area (Å²) in [4.78, 5) is 42.3. The van der Waals surface area contributed by atoms with E-state index >= 15 is 0 Å². The second-order valence-electron chi connectivity index (χ2n) is 6.91. The largest absolute Gasteiger partial charge is 0.443 e. The fourth-order valence-electron chi connectivity index (χ4n) is 3.64. The topological polar surface area (TPSA) is 79.5 Å². The summed E-state index contributed by atoms with van der Waals surface area (Å²) < 4.78 is 5.65. The highest BCUT2D eigenvalue weighted by Gasteiger charge is 2.32. The van der Waals surface area contributed by atoms with E-state index in [1.165, 1.54) is 6.92 Å². The summed E-state index contributed by atoms with van der Waals surface area (Å²) in [5, 5.41) is 0. The number of aromatic amines is 1. The lowest BCUT2D eigenvalue weighted by Gasteiger charge is -2.23. The predicted molar refractivity (Wildman–Crippen MR) is 101 cm³/mol. The Hall–Kier alpha value is -2.89. The van der Waals surface area contributed by atoms with Crippen LogP contribution in [-0.4, -0.2) is 40.6 Å². The molecule has 1 atom stereocenters. The average molecular weight is 368 g/mol. The van der Waals surface area contributed by atoms with Crippen molar-refractivity contribution in [2.75, 3.05) is 13.1 Å². The average Bonchev–Trinajstić information content (AvgIpc) is 3.27. The fraction of sp³-hybridized carbons (Fsp3) is 0.381. The number of H-pyrrole nitrogens is 1. The molecule has 142 valence electrons. The van der Waals surface area contributed by atoms with Crippen LogP contribution in [0.5, 0.6) is 0 Å². The molecular formula is C21H24N2O4. The third-order valence-corrected chi connectivity index (χ3v) is 4.96. The van der Waals surface area contributed by atoms with Gasteiger partial charge in [-0.15, -0.1) is 0 Å². The van der Waals surface area contributed by atoms with E-state index in [2.05, 4.69) is 4.98 Å². The maximum absolute atomic E-state index is 13.0. The van der Waals surface area contributed by atoms with Gasteiger partial charge in [-0.05, 0) is 39.2 Å². The summed E-state index contributed by atoms with van der Waals surface area (Å²) in [6.45, 7) is 6.26. The standard InChI is InChI=1S/C21H24N2O4/c1-13-17(15(3)24)14(2)22-18(13)21(26)27-19(16-9-5-4-6-10-16)20(25)23-11-7-8-12-23/h4-6,9-10,19,22H,7-8,11-12H2,1-3H3. The Balaban J connectivity index is 1.90. The van der Waals surface area contributed by atoms with E-state index < -0.39 is 12.1 Å². The summed E-state index contributed by atoms with van der Waals surface area (Å²) in [5.74, 6) is -0.961. The molecule has 0 radical (unpaired) electrons. The molecule has 2 heterocycles. The molecule has 0 bridgehead atoms. The van der Waals surface area contributed by atoms with Gasteiger partial charge in [0.2, 0.25) is 6.10 Å². The van der Waals surface area contributed by atoms with Crippen molar-refractivity contribution >= 4 is 17.7 Å². The number of hydrogen-bond donors (Lipinski definition) is 1. The molecular weight excluding hydrogens is 344 g/mol. The number of likely N-dealkylation sites (tertiary alicyclic amines) is 1. The number of aryl methyl sites for hydroxylation is 1. The van der Waals surface area contributed by atoms with E-state index in [0.717, 1.165) is 12.8 Å². The van der Waals surface area contributed by atoms with Gasteiger partial charge in [0.05, 0.1) is 0 Å². The lowest BCUT2D eigenvalue weighted by molar-refractivity contribution is -0.140. The van der Waals surface area contributed by atoms with Crippen molar-refractivity contribution in [1.82, 2.24) is 9.88 Å². The van der Waals surface area contributed by atoms with E-state index in [0.29, 0.717) is 35.5 Å². The highest BCUT2D eigenvalue weighted by molar-refractivity contribution is 6.01. The number of benzene rings is 1. The first-order chi connectivity index (χ1) is 12.9. The number of nitrogens with one attached hydrogen (secondary N) is 1. The summed E-state index contributed by atoms with van der Waals surface area (Å²) in [7, 11) is 0. The quantitative estimate of drug-likeness (QED) is 0.648. The Morgan fingerprint density at radius 3 is 2.26 bits per heavy atom. The first-order valence-electron chi connectivity index (χ1n) is 9.15. The highest BCUT2D eigenvalue weighted by Crippen LogP contribution is 2.26. The minimum Gasteiger partial charge on any atom is -0.443 e. The lowest BCUT2D eigenvalue weighted by atomic mass is 10.1. The second-order valence-corrected chi connectivity index (χ2v) is 6.91. The van der Waals surface area contributed by atoms with Crippen LogP contribution in [0.15, 0.2) is 30.3 Å². The third kappa shape index (κ3) is 3.79. The molecule has 1 N–H and O–H groups in total. The van der Waals surface area contributed by atoms with Crippen LogP contribution in [0.2, 0.25) is 0 Å². The van der Waals surface area contributed by atoms with Gasteiger partial charge in [-0.1, -0.05) is 30.3 Å². The van der Waals surface area contributed by atoms with Crippen LogP contribution >= 0.6 is 0 Å². The molecule has 0 aliphatic carbocycles. The summed E-state index contributed by atoms with van der Waals surface area (Å²) >= 11 is 0. The molecule has 6 heteroatoms. The number of aromatic nitrogens is 1. The zero-order valence-corrected chi connectivity index (χ0v) is 15.9. The fourth-order valence-corrected chi connectivity index (χ4v) is 3.64. The van der Waals surface area contributed by atoms with Crippen molar-refractivity contribution < 1.29 is 19.1 Å². The van der Waals surface area contributed by atoms with Crippen LogP contribution < -0.4 is 0 Å². The van der Waals surface area contributed by atoms with Gasteiger partial charge in [-0.3, -0.25) is 9.59 Å². The molecule has 0 saturated carbocycles. The Morgan fingerprint density at radius 2 is 1.70 bits per heavy atom. The first kappa shape index (κ1) is 18.9. The molecule has 1 amide bonds. The highest BCUT2D eigenvalue weighted by atomic mass is 16.5. The van der Waals surface area contributed by atoms with Gasteiger partial charge in [0.15, 0.2) is 5.78 Å². The normalized spacial score (nSPS) is 14.9. The molecule has 1 saturated heterocycles. The van der Waals surface area contributed by atoms with Gasteiger partial charge in [0, 0.05) is 29.9 Å². The SMILES string of the molecule is CC(=O)c1c(C)[nH]c(C(=O)OC(C(=O)N2CCCC2)c2ccccc2)c1C. The monoisotopic (exact) mass is 368 g/mol. The van der Waals surface area contributed by atoms with E-state index in [1.54, 1.807) is 30.9 Å². The summed E-state index contributed by atoms with van der Waals surface area (Å²) in [6, 6.07) is 9.02. The van der Waals surface area contributed by atoms with Crippen molar-refractivity contribution in [3.05, 3.63) is 58.4 Å². The number of nitrogens with zero attached hydrogens (tertiary/aromatic N) is 1. The first-order valence-corrected chi connectivity index (χ1v) is 9.15. The second kappa shape index (κ2) is 7.78. The Labute approximate surface area is 158 Å². The molecule has 1 aromatic heterocycles. The van der Waals surface area contributed by atoms with Gasteiger partial charge in [0.25, 0.3) is 5.91 Å². The van der Waals surface area contributed by atoms with Crippen molar-refractivity contribution in [2.45, 2.75) is 39.7 Å². The predicted octanol–water partition coefficient (Wildman–Crippen LogP) is 3.35. The zero-order valence-electron chi connectivity index (χ0n) is 15.9. The number of esters is 1. The molecule has 1 aromatic carbocycles. The number of Topliss-reactive ketones (excluding diaryl/α,β-unsaturated/α-hetero) is 1. The number of carbonyl (C=O) groups excluding carboxylic acids is 3. The summed E-state index contributed by atoms with van der Waals surface area (Å²) in [6.07, 6.45) is 0.913. The molecule has 2 aromatic rings. The molecule has 1 aliphatic rings. The number of amides is 1. The number of rotatable bonds is 5. The molecule has 3 rings (SSSR count). The maximum atomic E-state index is 13.0. The molecule has 27 heavy (non-hydrogen) atoms. The molecule has 1 unspecified atom stereocenters. The molecule has 0 spiro atoms. The number of ketones is 1. The molecule has 6 nitrogen and oxygen atoms in total. The van der Waals surface area contributed by atoms with E-state index in [4.69, 9.17) is 4.74 Å². The van der Waals surface area contributed by atoms with Gasteiger partial charge < -0.3 is 14.6 Å². The maximum Gasteiger partial charge on any atom is 0.356 e. The van der Waals surface area contributed by atoms with Gasteiger partial charge in [-0.25, -0.2) is 4.79 Å². The Morgan fingerprint density at radius 1 is 1.07 bits per heavy atom. The number of hydrogen-bond acceptors (Lipinski definition) is 4. The minimum atomic E-state index is -0.999. The third-order valence-electron chi connectivity index (χ3n) is 4.96. The van der Waals surface area contributed by atoms with Gasteiger partial charge in [-0.2, -0.15) is 0 Å². The zero-order chi connectivity index (χ0) is 19.6. The molecule has 1 aliphatic heterocycles.